The van der Waals surface area contributed by atoms with Crippen molar-refractivity contribution in [2.24, 2.45) is 4.99 Å². The summed E-state index contributed by atoms with van der Waals surface area (Å²) in [5.41, 5.74) is 2.47. The van der Waals surface area contributed by atoms with E-state index in [2.05, 4.69) is 64.9 Å². The predicted octanol–water partition coefficient (Wildman–Crippen LogP) is 3.09. The summed E-state index contributed by atoms with van der Waals surface area (Å²) in [7, 11) is 3.52. The summed E-state index contributed by atoms with van der Waals surface area (Å²) >= 11 is 0. The third-order valence-electron chi connectivity index (χ3n) is 5.44. The molecule has 1 saturated heterocycles. The average Bonchev–Trinajstić information content (AvgIpc) is 3.09. The van der Waals surface area contributed by atoms with Crippen LogP contribution in [-0.2, 0) is 17.9 Å². The molecule has 1 aliphatic heterocycles. The number of carbonyl (C=O) groups excluding carboxylic acids is 1. The first kappa shape index (κ1) is 25.1. The van der Waals surface area contributed by atoms with Gasteiger partial charge in [-0.15, -0.1) is 24.0 Å². The summed E-state index contributed by atoms with van der Waals surface area (Å²) in [5.74, 6) is 0.711. The molecule has 2 N–H and O–H groups in total. The van der Waals surface area contributed by atoms with Crippen molar-refractivity contribution < 1.29 is 4.79 Å². The van der Waals surface area contributed by atoms with E-state index in [4.69, 9.17) is 4.99 Å². The van der Waals surface area contributed by atoms with Gasteiger partial charge in [0.15, 0.2) is 5.96 Å². The van der Waals surface area contributed by atoms with Crippen LogP contribution in [0.25, 0.3) is 0 Å². The minimum atomic E-state index is 0. The van der Waals surface area contributed by atoms with E-state index in [9.17, 15) is 4.79 Å². The Bertz CT molecular complexity index is 828. The van der Waals surface area contributed by atoms with E-state index in [0.29, 0.717) is 24.6 Å². The van der Waals surface area contributed by atoms with E-state index in [-0.39, 0.29) is 36.4 Å². The minimum absolute atomic E-state index is 0. The molecule has 168 valence electrons. The number of nitrogens with zero attached hydrogens (tertiary/aromatic N) is 3. The van der Waals surface area contributed by atoms with E-state index < -0.39 is 0 Å². The topological polar surface area (TPSA) is 60.0 Å². The number of rotatable bonds is 7. The zero-order valence-corrected chi connectivity index (χ0v) is 21.0. The summed E-state index contributed by atoms with van der Waals surface area (Å²) in [6.07, 6.45) is 1.04. The monoisotopic (exact) mass is 535 g/mol. The summed E-state index contributed by atoms with van der Waals surface area (Å²) in [6, 6.07) is 21.5. The molecular weight excluding hydrogens is 501 g/mol. The number of hydrogen-bond donors (Lipinski definition) is 2. The lowest BCUT2D eigenvalue weighted by atomic mass is 10.2. The van der Waals surface area contributed by atoms with Crippen molar-refractivity contribution in [1.29, 1.82) is 0 Å². The van der Waals surface area contributed by atoms with Crippen molar-refractivity contribution in [3.05, 3.63) is 71.8 Å². The molecule has 0 radical (unpaired) electrons. The number of amides is 1. The van der Waals surface area contributed by atoms with Gasteiger partial charge in [0.1, 0.15) is 0 Å². The molecule has 0 spiro atoms. The third kappa shape index (κ3) is 8.14. The van der Waals surface area contributed by atoms with Crippen LogP contribution < -0.4 is 10.6 Å². The molecule has 3 rings (SSSR count). The van der Waals surface area contributed by atoms with Crippen molar-refractivity contribution in [2.75, 3.05) is 27.2 Å². The smallest absolute Gasteiger partial charge is 0.241 e. The number of guanidine groups is 1. The van der Waals surface area contributed by atoms with Gasteiger partial charge in [0.25, 0.3) is 0 Å². The molecular formula is C24H34IN5O. The first-order valence-electron chi connectivity index (χ1n) is 10.6. The fraction of sp³-hybridized carbons (Fsp3) is 0.417. The van der Waals surface area contributed by atoms with Crippen LogP contribution in [0.4, 0.5) is 0 Å². The highest BCUT2D eigenvalue weighted by Gasteiger charge is 2.29. The summed E-state index contributed by atoms with van der Waals surface area (Å²) in [5, 5.41) is 6.76. The highest BCUT2D eigenvalue weighted by molar-refractivity contribution is 14.0. The van der Waals surface area contributed by atoms with Crippen LogP contribution in [0.1, 0.15) is 24.5 Å². The molecule has 2 aromatic carbocycles. The zero-order chi connectivity index (χ0) is 21.3. The molecule has 1 heterocycles. The number of hydrogen-bond acceptors (Lipinski definition) is 3. The molecule has 2 atom stereocenters. The Kier molecular flexibility index (Phi) is 10.3. The Morgan fingerprint density at radius 2 is 1.68 bits per heavy atom. The molecule has 1 amide bonds. The average molecular weight is 535 g/mol. The number of likely N-dealkylation sites (N-methyl/N-ethyl adjacent to an activating group) is 1. The standard InChI is InChI=1S/C24H33N5O.HI/c1-19-14-22(18-29(19)17-21-12-8-5-9-13-21)27-24(26-16-23(30)28(2)3)25-15-20-10-6-4-7-11-20;/h4-13,19,22H,14-18H2,1-3H3,(H2,25,26,27);1H. The second kappa shape index (κ2) is 12.7. The summed E-state index contributed by atoms with van der Waals surface area (Å²) < 4.78 is 0. The number of halogens is 1. The highest BCUT2D eigenvalue weighted by Crippen LogP contribution is 2.20. The third-order valence-corrected chi connectivity index (χ3v) is 5.44. The second-order valence-corrected chi connectivity index (χ2v) is 8.13. The Morgan fingerprint density at radius 1 is 1.06 bits per heavy atom. The molecule has 0 saturated carbocycles. The quantitative estimate of drug-likeness (QED) is 0.325. The normalized spacial score (nSPS) is 18.9. The molecule has 2 unspecified atom stereocenters. The number of likely N-dealkylation sites (tertiary alicyclic amines) is 1. The van der Waals surface area contributed by atoms with Gasteiger partial charge < -0.3 is 15.5 Å². The lowest BCUT2D eigenvalue weighted by molar-refractivity contribution is -0.127. The van der Waals surface area contributed by atoms with Crippen LogP contribution in [-0.4, -0.2) is 60.9 Å². The van der Waals surface area contributed by atoms with Gasteiger partial charge in [0, 0.05) is 39.3 Å². The van der Waals surface area contributed by atoms with Gasteiger partial charge in [-0.25, -0.2) is 4.99 Å². The van der Waals surface area contributed by atoms with Gasteiger partial charge in [-0.05, 0) is 24.5 Å². The molecule has 0 aromatic heterocycles. The summed E-state index contributed by atoms with van der Waals surface area (Å²) in [4.78, 5) is 20.8. The van der Waals surface area contributed by atoms with Crippen molar-refractivity contribution in [3.63, 3.8) is 0 Å². The number of nitrogens with one attached hydrogen (secondary N) is 2. The van der Waals surface area contributed by atoms with Crippen molar-refractivity contribution in [1.82, 2.24) is 20.4 Å². The van der Waals surface area contributed by atoms with Gasteiger partial charge in [0.05, 0.1) is 13.1 Å². The summed E-state index contributed by atoms with van der Waals surface area (Å²) in [6.45, 7) is 4.97. The predicted molar refractivity (Wildman–Crippen MR) is 138 cm³/mol. The molecule has 1 fully saturated rings. The molecule has 0 aliphatic carbocycles. The maximum atomic E-state index is 12.0. The van der Waals surface area contributed by atoms with Crippen LogP contribution in [0.5, 0.6) is 0 Å². The Labute approximate surface area is 203 Å². The molecule has 31 heavy (non-hydrogen) atoms. The van der Waals surface area contributed by atoms with E-state index in [1.807, 2.05) is 18.2 Å². The van der Waals surface area contributed by atoms with Gasteiger partial charge in [-0.2, -0.15) is 0 Å². The van der Waals surface area contributed by atoms with Crippen LogP contribution in [0.15, 0.2) is 65.7 Å². The van der Waals surface area contributed by atoms with Crippen LogP contribution >= 0.6 is 24.0 Å². The van der Waals surface area contributed by atoms with Gasteiger partial charge in [0.2, 0.25) is 5.91 Å². The van der Waals surface area contributed by atoms with E-state index >= 15 is 0 Å². The Morgan fingerprint density at radius 3 is 2.29 bits per heavy atom. The Hall–Kier alpha value is -2.13. The van der Waals surface area contributed by atoms with E-state index in [1.165, 1.54) is 5.56 Å². The lowest BCUT2D eigenvalue weighted by Gasteiger charge is -2.21. The minimum Gasteiger partial charge on any atom is -0.352 e. The number of aliphatic imine (C=N–C) groups is 1. The SMILES string of the molecule is CC1CC(NC(=NCc2ccccc2)NCC(=O)N(C)C)CN1Cc1ccccc1.I. The number of carbonyl (C=O) groups is 1. The maximum absolute atomic E-state index is 12.0. The van der Waals surface area contributed by atoms with Gasteiger partial charge in [-0.3, -0.25) is 9.69 Å². The van der Waals surface area contributed by atoms with Crippen molar-refractivity contribution in [2.45, 2.75) is 38.5 Å². The maximum Gasteiger partial charge on any atom is 0.241 e. The molecule has 7 heteroatoms. The van der Waals surface area contributed by atoms with Crippen LogP contribution in [0, 0.1) is 0 Å². The van der Waals surface area contributed by atoms with E-state index in [0.717, 1.165) is 25.1 Å². The molecule has 6 nitrogen and oxygen atoms in total. The zero-order valence-electron chi connectivity index (χ0n) is 18.6. The van der Waals surface area contributed by atoms with Gasteiger partial charge >= 0.3 is 0 Å². The van der Waals surface area contributed by atoms with Crippen LogP contribution in [0.2, 0.25) is 0 Å². The highest BCUT2D eigenvalue weighted by atomic mass is 127. The lowest BCUT2D eigenvalue weighted by Crippen LogP contribution is -2.47. The van der Waals surface area contributed by atoms with Crippen molar-refractivity contribution in [3.8, 4) is 0 Å². The van der Waals surface area contributed by atoms with Crippen molar-refractivity contribution >= 4 is 35.8 Å². The molecule has 0 bridgehead atoms. The first-order valence-corrected chi connectivity index (χ1v) is 10.6. The molecule has 2 aromatic rings. The fourth-order valence-corrected chi connectivity index (χ4v) is 3.66. The van der Waals surface area contributed by atoms with Gasteiger partial charge in [-0.1, -0.05) is 60.7 Å². The number of benzene rings is 2. The largest absolute Gasteiger partial charge is 0.352 e. The van der Waals surface area contributed by atoms with Crippen LogP contribution in [0.3, 0.4) is 0 Å². The first-order chi connectivity index (χ1) is 14.5. The fourth-order valence-electron chi connectivity index (χ4n) is 3.66. The second-order valence-electron chi connectivity index (χ2n) is 8.13. The van der Waals surface area contributed by atoms with E-state index in [1.54, 1.807) is 19.0 Å². The molecule has 1 aliphatic rings. The Balaban J connectivity index is 0.00000341.